The van der Waals surface area contributed by atoms with Crippen molar-refractivity contribution in [1.29, 1.82) is 0 Å². The minimum atomic E-state index is -0.784. The van der Waals surface area contributed by atoms with Crippen molar-refractivity contribution in [2.24, 2.45) is 0 Å². The van der Waals surface area contributed by atoms with Gasteiger partial charge in [0.15, 0.2) is 10.8 Å². The third kappa shape index (κ3) is 6.77. The molecule has 248 valence electrons. The van der Waals surface area contributed by atoms with Gasteiger partial charge in [-0.05, 0) is 80.8 Å². The molecule has 7 rings (SSSR count). The number of esters is 1. The van der Waals surface area contributed by atoms with Gasteiger partial charge in [-0.25, -0.2) is 23.5 Å². The van der Waals surface area contributed by atoms with E-state index in [0.717, 1.165) is 21.3 Å². The van der Waals surface area contributed by atoms with E-state index in [2.05, 4.69) is 15.4 Å². The van der Waals surface area contributed by atoms with Crippen LogP contribution >= 0.6 is 11.3 Å². The molecule has 1 aliphatic rings. The van der Waals surface area contributed by atoms with Crippen LogP contribution in [0.15, 0.2) is 85.2 Å². The van der Waals surface area contributed by atoms with E-state index >= 15 is 0 Å². The van der Waals surface area contributed by atoms with Crippen molar-refractivity contribution in [1.82, 2.24) is 19.7 Å². The van der Waals surface area contributed by atoms with Crippen molar-refractivity contribution in [3.05, 3.63) is 125 Å². The van der Waals surface area contributed by atoms with E-state index in [-0.39, 0.29) is 23.7 Å². The van der Waals surface area contributed by atoms with Crippen molar-refractivity contribution in [2.45, 2.75) is 45.9 Å². The summed E-state index contributed by atoms with van der Waals surface area (Å²) in [5, 5.41) is 7.80. The number of amides is 1. The molecular formula is C37H32F2N6O3S. The standard InChI is InChI=1S/C37H32F2N6O3S/c1-37(2,3)48-35(47)33-24(23-18-40-45(19-23)21-27-28(38)10-7-11-29(27)39)14-15-32(42-33)44-17-16-22-8-6-9-25(26(22)20-44)34(46)43-36-41-30-12-4-5-13-31(30)49-36/h4-15,18-19H,16-17,20-21H2,1-3H3,(H,41,43,46). The minimum Gasteiger partial charge on any atom is -0.455 e. The Morgan fingerprint density at radius 2 is 1.73 bits per heavy atom. The Morgan fingerprint density at radius 3 is 2.51 bits per heavy atom. The van der Waals surface area contributed by atoms with Crippen LogP contribution in [0.4, 0.5) is 19.7 Å². The first kappa shape index (κ1) is 32.1. The summed E-state index contributed by atoms with van der Waals surface area (Å²) in [4.78, 5) is 38.5. The van der Waals surface area contributed by atoms with E-state index in [4.69, 9.17) is 9.72 Å². The molecule has 0 saturated carbocycles. The molecule has 0 unspecified atom stereocenters. The van der Waals surface area contributed by atoms with E-state index in [1.54, 1.807) is 39.1 Å². The Labute approximate surface area is 285 Å². The maximum Gasteiger partial charge on any atom is 0.358 e. The number of para-hydroxylation sites is 1. The maximum absolute atomic E-state index is 14.3. The van der Waals surface area contributed by atoms with Gasteiger partial charge >= 0.3 is 5.97 Å². The number of nitrogens with zero attached hydrogens (tertiary/aromatic N) is 5. The van der Waals surface area contributed by atoms with Crippen LogP contribution in [0, 0.1) is 11.6 Å². The first-order valence-corrected chi connectivity index (χ1v) is 16.6. The number of aromatic nitrogens is 4. The number of rotatable bonds is 7. The molecule has 4 heterocycles. The van der Waals surface area contributed by atoms with Crippen molar-refractivity contribution in [3.8, 4) is 11.1 Å². The zero-order chi connectivity index (χ0) is 34.3. The summed E-state index contributed by atoms with van der Waals surface area (Å²) >= 11 is 1.42. The zero-order valence-electron chi connectivity index (χ0n) is 27.0. The lowest BCUT2D eigenvalue weighted by atomic mass is 9.94. The van der Waals surface area contributed by atoms with Crippen LogP contribution in [0.5, 0.6) is 0 Å². The monoisotopic (exact) mass is 678 g/mol. The molecule has 0 bridgehead atoms. The number of carbonyl (C=O) groups is 2. The van der Waals surface area contributed by atoms with Crippen LogP contribution in [0.1, 0.15) is 58.3 Å². The van der Waals surface area contributed by atoms with Gasteiger partial charge in [0, 0.05) is 41.5 Å². The van der Waals surface area contributed by atoms with E-state index in [9.17, 15) is 18.4 Å². The predicted octanol–water partition coefficient (Wildman–Crippen LogP) is 7.65. The fourth-order valence-electron chi connectivity index (χ4n) is 5.85. The maximum atomic E-state index is 14.3. The first-order chi connectivity index (χ1) is 23.5. The minimum absolute atomic E-state index is 0.0803. The van der Waals surface area contributed by atoms with Crippen LogP contribution in [-0.2, 0) is 24.2 Å². The van der Waals surface area contributed by atoms with Crippen LogP contribution in [0.2, 0.25) is 0 Å². The van der Waals surface area contributed by atoms with Crippen molar-refractivity contribution < 1.29 is 23.1 Å². The molecule has 0 radical (unpaired) electrons. The average Bonchev–Trinajstić information content (AvgIpc) is 3.71. The lowest BCUT2D eigenvalue weighted by Crippen LogP contribution is -2.33. The van der Waals surface area contributed by atoms with Crippen LogP contribution in [0.3, 0.4) is 0 Å². The molecule has 1 N–H and O–H groups in total. The number of fused-ring (bicyclic) bond motifs is 2. The summed E-state index contributed by atoms with van der Waals surface area (Å²) in [6.07, 6.45) is 3.81. The summed E-state index contributed by atoms with van der Waals surface area (Å²) in [7, 11) is 0. The molecule has 1 amide bonds. The molecule has 6 aromatic rings. The number of nitrogens with one attached hydrogen (secondary N) is 1. The van der Waals surface area contributed by atoms with Crippen molar-refractivity contribution >= 4 is 44.4 Å². The largest absolute Gasteiger partial charge is 0.455 e. The van der Waals surface area contributed by atoms with Gasteiger partial charge in [0.2, 0.25) is 0 Å². The number of halogens is 2. The molecule has 9 nitrogen and oxygen atoms in total. The van der Waals surface area contributed by atoms with Crippen LogP contribution < -0.4 is 10.2 Å². The number of carbonyl (C=O) groups excluding carboxylic acids is 2. The number of hydrogen-bond donors (Lipinski definition) is 1. The van der Waals surface area contributed by atoms with Gasteiger partial charge in [-0.2, -0.15) is 5.10 Å². The summed E-state index contributed by atoms with van der Waals surface area (Å²) in [6, 6.07) is 20.7. The van der Waals surface area contributed by atoms with E-state index in [1.807, 2.05) is 47.4 Å². The molecule has 3 aromatic heterocycles. The highest BCUT2D eigenvalue weighted by molar-refractivity contribution is 7.22. The number of ether oxygens (including phenoxy) is 1. The molecule has 0 atom stereocenters. The highest BCUT2D eigenvalue weighted by atomic mass is 32.1. The Kier molecular flexibility index (Phi) is 8.41. The fourth-order valence-corrected chi connectivity index (χ4v) is 6.71. The van der Waals surface area contributed by atoms with Gasteiger partial charge in [-0.1, -0.05) is 41.7 Å². The second-order valence-corrected chi connectivity index (χ2v) is 13.8. The summed E-state index contributed by atoms with van der Waals surface area (Å²) in [5.74, 6) is -1.66. The van der Waals surface area contributed by atoms with Gasteiger partial charge in [0.25, 0.3) is 5.91 Å². The number of hydrogen-bond acceptors (Lipinski definition) is 8. The van der Waals surface area contributed by atoms with Gasteiger partial charge in [0.05, 0.1) is 23.0 Å². The Balaban J connectivity index is 1.18. The quantitative estimate of drug-likeness (QED) is 0.173. The van der Waals surface area contributed by atoms with E-state index < -0.39 is 23.2 Å². The lowest BCUT2D eigenvalue weighted by Gasteiger charge is -2.31. The Bertz CT molecular complexity index is 2170. The van der Waals surface area contributed by atoms with Crippen LogP contribution in [0.25, 0.3) is 21.3 Å². The number of benzene rings is 3. The Morgan fingerprint density at radius 1 is 0.959 bits per heavy atom. The summed E-state index contributed by atoms with van der Waals surface area (Å²) in [5.41, 5.74) is 3.49. The zero-order valence-corrected chi connectivity index (χ0v) is 27.9. The molecule has 49 heavy (non-hydrogen) atoms. The van der Waals surface area contributed by atoms with Crippen molar-refractivity contribution in [2.75, 3.05) is 16.8 Å². The SMILES string of the molecule is CC(C)(C)OC(=O)c1nc(N2CCc3cccc(C(=O)Nc4nc5ccccc5s4)c3C2)ccc1-c1cnn(Cc2c(F)cccc2F)c1. The molecule has 0 spiro atoms. The van der Waals surface area contributed by atoms with Gasteiger partial charge in [0.1, 0.15) is 23.1 Å². The fraction of sp³-hybridized carbons (Fsp3) is 0.216. The van der Waals surface area contributed by atoms with Gasteiger partial charge < -0.3 is 9.64 Å². The van der Waals surface area contributed by atoms with E-state index in [1.165, 1.54) is 40.4 Å². The molecule has 12 heteroatoms. The van der Waals surface area contributed by atoms with Crippen molar-refractivity contribution in [3.63, 3.8) is 0 Å². The molecule has 0 aliphatic carbocycles. The normalized spacial score (nSPS) is 13.0. The third-order valence-electron chi connectivity index (χ3n) is 8.15. The molecule has 3 aromatic carbocycles. The van der Waals surface area contributed by atoms with E-state index in [0.29, 0.717) is 47.2 Å². The molecule has 0 saturated heterocycles. The lowest BCUT2D eigenvalue weighted by molar-refractivity contribution is 0.00638. The third-order valence-corrected chi connectivity index (χ3v) is 9.11. The van der Waals surface area contributed by atoms with Gasteiger partial charge in [-0.3, -0.25) is 14.8 Å². The summed E-state index contributed by atoms with van der Waals surface area (Å²) in [6.45, 7) is 6.20. The highest BCUT2D eigenvalue weighted by Crippen LogP contribution is 2.32. The molecule has 0 fully saturated rings. The second-order valence-electron chi connectivity index (χ2n) is 12.7. The number of thiazole rings is 1. The Hall–Kier alpha value is -5.49. The smallest absolute Gasteiger partial charge is 0.358 e. The highest BCUT2D eigenvalue weighted by Gasteiger charge is 2.27. The van der Waals surface area contributed by atoms with Crippen LogP contribution in [-0.4, -0.2) is 43.8 Å². The average molecular weight is 679 g/mol. The number of pyridine rings is 1. The topological polar surface area (TPSA) is 102 Å². The summed E-state index contributed by atoms with van der Waals surface area (Å²) < 4.78 is 36.8. The second kappa shape index (κ2) is 12.8. The predicted molar refractivity (Wildman–Crippen MR) is 185 cm³/mol. The first-order valence-electron chi connectivity index (χ1n) is 15.7. The molecule has 1 aliphatic heterocycles. The number of anilines is 2. The molecular weight excluding hydrogens is 647 g/mol. The van der Waals surface area contributed by atoms with Gasteiger partial charge in [-0.15, -0.1) is 0 Å².